The minimum atomic E-state index is 0.0387. The van der Waals surface area contributed by atoms with Gasteiger partial charge in [0.25, 0.3) is 0 Å². The minimum absolute atomic E-state index is 0.0387. The highest BCUT2D eigenvalue weighted by atomic mass is 35.5. The first-order valence-electron chi connectivity index (χ1n) is 6.33. The van der Waals surface area contributed by atoms with Gasteiger partial charge in [0, 0.05) is 24.5 Å². The molecule has 2 N–H and O–H groups in total. The Morgan fingerprint density at radius 3 is 3.05 bits per heavy atom. The van der Waals surface area contributed by atoms with Crippen LogP contribution in [0.25, 0.3) is 10.9 Å². The van der Waals surface area contributed by atoms with Gasteiger partial charge in [-0.1, -0.05) is 11.6 Å². The zero-order valence-corrected chi connectivity index (χ0v) is 11.7. The molecule has 0 aliphatic carbocycles. The van der Waals surface area contributed by atoms with Crippen LogP contribution in [-0.4, -0.2) is 30.6 Å². The summed E-state index contributed by atoms with van der Waals surface area (Å²) in [4.78, 5) is 15.6. The van der Waals surface area contributed by atoms with Gasteiger partial charge in [-0.3, -0.25) is 9.78 Å². The lowest BCUT2D eigenvalue weighted by atomic mass is 10.1. The maximum Gasteiger partial charge on any atom is 0.222 e. The number of methoxy groups -OCH3 is 1. The number of carbonyl (C=O) groups excluding carboxylic acids is 1. The Bertz CT molecular complexity index is 675. The molecule has 2 heterocycles. The number of hydrogen-bond acceptors (Lipinski definition) is 4. The Morgan fingerprint density at radius 1 is 1.50 bits per heavy atom. The second-order valence-electron chi connectivity index (χ2n) is 4.71. The van der Waals surface area contributed by atoms with Crippen molar-refractivity contribution in [1.82, 2.24) is 10.3 Å². The molecule has 0 spiro atoms. The van der Waals surface area contributed by atoms with E-state index in [0.29, 0.717) is 18.0 Å². The molecule has 104 valence electrons. The van der Waals surface area contributed by atoms with Crippen molar-refractivity contribution in [2.24, 2.45) is 0 Å². The largest absolute Gasteiger partial charge is 0.497 e. The molecule has 2 aromatic rings. The summed E-state index contributed by atoms with van der Waals surface area (Å²) in [5.41, 5.74) is 1.62. The Morgan fingerprint density at radius 2 is 2.35 bits per heavy atom. The number of rotatable bonds is 3. The first-order valence-corrected chi connectivity index (χ1v) is 6.70. The lowest BCUT2D eigenvalue weighted by molar-refractivity contribution is -0.119. The number of halogens is 1. The van der Waals surface area contributed by atoms with E-state index in [-0.39, 0.29) is 11.9 Å². The maximum atomic E-state index is 11.3. The van der Waals surface area contributed by atoms with Gasteiger partial charge < -0.3 is 15.4 Å². The second kappa shape index (κ2) is 5.17. The van der Waals surface area contributed by atoms with Gasteiger partial charge in [-0.2, -0.15) is 0 Å². The van der Waals surface area contributed by atoms with Crippen LogP contribution in [0, 0.1) is 0 Å². The molecule has 0 bridgehead atoms. The topological polar surface area (TPSA) is 63.2 Å². The summed E-state index contributed by atoms with van der Waals surface area (Å²) in [7, 11) is 1.62. The zero-order valence-electron chi connectivity index (χ0n) is 10.9. The van der Waals surface area contributed by atoms with E-state index in [1.807, 2.05) is 18.2 Å². The number of ether oxygens (including phenoxy) is 1. The van der Waals surface area contributed by atoms with Gasteiger partial charge in [0.2, 0.25) is 5.91 Å². The average molecular weight is 292 g/mol. The van der Waals surface area contributed by atoms with Gasteiger partial charge in [0.1, 0.15) is 5.75 Å². The quantitative estimate of drug-likeness (QED) is 0.910. The van der Waals surface area contributed by atoms with Crippen molar-refractivity contribution in [2.45, 2.75) is 12.5 Å². The molecule has 0 radical (unpaired) electrons. The SMILES string of the molecule is COc1ccc2ncc(Cl)c(NC3CNC(=O)C3)c2c1. The number of fused-ring (bicyclic) bond motifs is 1. The third kappa shape index (κ3) is 2.36. The van der Waals surface area contributed by atoms with Crippen LogP contribution in [0.3, 0.4) is 0 Å². The molecule has 1 aliphatic rings. The van der Waals surface area contributed by atoms with E-state index in [9.17, 15) is 4.79 Å². The van der Waals surface area contributed by atoms with Gasteiger partial charge >= 0.3 is 0 Å². The summed E-state index contributed by atoms with van der Waals surface area (Å²) >= 11 is 6.24. The van der Waals surface area contributed by atoms with Crippen LogP contribution in [0.2, 0.25) is 5.02 Å². The van der Waals surface area contributed by atoms with Crippen LogP contribution in [0.15, 0.2) is 24.4 Å². The summed E-state index contributed by atoms with van der Waals surface area (Å²) in [6, 6.07) is 5.67. The van der Waals surface area contributed by atoms with Gasteiger partial charge in [-0.15, -0.1) is 0 Å². The number of benzene rings is 1. The number of amides is 1. The molecule has 1 aliphatic heterocycles. The Labute approximate surface area is 121 Å². The number of carbonyl (C=O) groups is 1. The maximum absolute atomic E-state index is 11.3. The first kappa shape index (κ1) is 13.0. The Kier molecular flexibility index (Phi) is 3.36. The number of nitrogens with one attached hydrogen (secondary N) is 2. The van der Waals surface area contributed by atoms with Crippen molar-refractivity contribution in [1.29, 1.82) is 0 Å². The van der Waals surface area contributed by atoms with E-state index in [2.05, 4.69) is 15.6 Å². The monoisotopic (exact) mass is 291 g/mol. The molecule has 1 saturated heterocycles. The molecule has 1 aromatic carbocycles. The molecular weight excluding hydrogens is 278 g/mol. The lowest BCUT2D eigenvalue weighted by Crippen LogP contribution is -2.22. The highest BCUT2D eigenvalue weighted by Gasteiger charge is 2.22. The van der Waals surface area contributed by atoms with Gasteiger partial charge in [-0.05, 0) is 18.2 Å². The molecule has 1 fully saturated rings. The third-order valence-corrected chi connectivity index (χ3v) is 3.64. The van der Waals surface area contributed by atoms with E-state index in [4.69, 9.17) is 16.3 Å². The molecule has 1 aromatic heterocycles. The van der Waals surface area contributed by atoms with Crippen molar-refractivity contribution in [2.75, 3.05) is 19.0 Å². The van der Waals surface area contributed by atoms with Crippen LogP contribution < -0.4 is 15.4 Å². The van der Waals surface area contributed by atoms with Crippen LogP contribution >= 0.6 is 11.6 Å². The predicted molar refractivity (Wildman–Crippen MR) is 78.3 cm³/mol. The highest BCUT2D eigenvalue weighted by Crippen LogP contribution is 2.32. The summed E-state index contributed by atoms with van der Waals surface area (Å²) in [5, 5.41) is 7.54. The summed E-state index contributed by atoms with van der Waals surface area (Å²) in [6.45, 7) is 0.600. The average Bonchev–Trinajstić information content (AvgIpc) is 2.87. The van der Waals surface area contributed by atoms with E-state index in [1.165, 1.54) is 0 Å². The van der Waals surface area contributed by atoms with Crippen molar-refractivity contribution in [3.05, 3.63) is 29.4 Å². The fraction of sp³-hybridized carbons (Fsp3) is 0.286. The lowest BCUT2D eigenvalue weighted by Gasteiger charge is -2.16. The molecule has 1 unspecified atom stereocenters. The fourth-order valence-corrected chi connectivity index (χ4v) is 2.54. The summed E-state index contributed by atoms with van der Waals surface area (Å²) in [6.07, 6.45) is 2.06. The van der Waals surface area contributed by atoms with Crippen molar-refractivity contribution in [3.8, 4) is 5.75 Å². The standard InChI is InChI=1S/C14H14ClN3O2/c1-20-9-2-3-12-10(5-9)14(11(15)7-16-12)18-8-4-13(19)17-6-8/h2-3,5,7-8H,4,6H2,1H3,(H,16,18)(H,17,19). The van der Waals surface area contributed by atoms with Gasteiger partial charge in [0.15, 0.2) is 0 Å². The molecule has 20 heavy (non-hydrogen) atoms. The van der Waals surface area contributed by atoms with E-state index < -0.39 is 0 Å². The van der Waals surface area contributed by atoms with Crippen molar-refractivity contribution < 1.29 is 9.53 Å². The minimum Gasteiger partial charge on any atom is -0.497 e. The molecule has 1 amide bonds. The van der Waals surface area contributed by atoms with E-state index in [1.54, 1.807) is 13.3 Å². The van der Waals surface area contributed by atoms with Crippen molar-refractivity contribution >= 4 is 34.1 Å². The number of pyridine rings is 1. The van der Waals surface area contributed by atoms with Crippen LogP contribution in [0.4, 0.5) is 5.69 Å². The fourth-order valence-electron chi connectivity index (χ4n) is 2.33. The molecule has 0 saturated carbocycles. The van der Waals surface area contributed by atoms with Gasteiger partial charge in [0.05, 0.1) is 29.4 Å². The molecule has 5 nitrogen and oxygen atoms in total. The molecule has 3 rings (SSSR count). The highest BCUT2D eigenvalue weighted by molar-refractivity contribution is 6.34. The molecule has 6 heteroatoms. The second-order valence-corrected chi connectivity index (χ2v) is 5.12. The summed E-state index contributed by atoms with van der Waals surface area (Å²) < 4.78 is 5.24. The van der Waals surface area contributed by atoms with Crippen LogP contribution in [0.1, 0.15) is 6.42 Å². The smallest absolute Gasteiger partial charge is 0.222 e. The number of aromatic nitrogens is 1. The van der Waals surface area contributed by atoms with E-state index >= 15 is 0 Å². The molecule has 1 atom stereocenters. The number of anilines is 1. The Balaban J connectivity index is 2.03. The third-order valence-electron chi connectivity index (χ3n) is 3.35. The summed E-state index contributed by atoms with van der Waals surface area (Å²) in [5.74, 6) is 0.791. The zero-order chi connectivity index (χ0) is 14.1. The number of nitrogens with zero attached hydrogens (tertiary/aromatic N) is 1. The van der Waals surface area contributed by atoms with E-state index in [0.717, 1.165) is 22.3 Å². The predicted octanol–water partition coefficient (Wildman–Crippen LogP) is 2.20. The molecular formula is C14H14ClN3O2. The van der Waals surface area contributed by atoms with Gasteiger partial charge in [-0.25, -0.2) is 0 Å². The first-order chi connectivity index (χ1) is 9.67. The number of hydrogen-bond donors (Lipinski definition) is 2. The van der Waals surface area contributed by atoms with Crippen LogP contribution in [-0.2, 0) is 4.79 Å². The van der Waals surface area contributed by atoms with Crippen molar-refractivity contribution in [3.63, 3.8) is 0 Å². The normalized spacial score (nSPS) is 18.1. The van der Waals surface area contributed by atoms with Crippen LogP contribution in [0.5, 0.6) is 5.75 Å². The Hall–Kier alpha value is -2.01.